The molecule has 0 saturated heterocycles. The molecule has 0 aliphatic heterocycles. The summed E-state index contributed by atoms with van der Waals surface area (Å²) in [7, 11) is 0. The predicted octanol–water partition coefficient (Wildman–Crippen LogP) is 2.78. The zero-order chi connectivity index (χ0) is 12.8. The van der Waals surface area contributed by atoms with Crippen LogP contribution >= 0.6 is 0 Å². The van der Waals surface area contributed by atoms with Crippen molar-refractivity contribution in [3.8, 4) is 5.75 Å². The lowest BCUT2D eigenvalue weighted by molar-refractivity contribution is 0.0957. The molecule has 1 rings (SSSR count). The van der Waals surface area contributed by atoms with E-state index < -0.39 is 0 Å². The minimum atomic E-state index is -0.0934. The number of hydrogen-bond acceptors (Lipinski definition) is 2. The van der Waals surface area contributed by atoms with Crippen LogP contribution in [0.2, 0.25) is 0 Å². The maximum atomic E-state index is 11.7. The molecule has 0 radical (unpaired) electrons. The Morgan fingerprint density at radius 2 is 1.94 bits per heavy atom. The monoisotopic (exact) mass is 233 g/mol. The molecule has 0 bridgehead atoms. The highest BCUT2D eigenvalue weighted by Gasteiger charge is 2.05. The maximum Gasteiger partial charge on any atom is 0.251 e. The molecule has 1 aromatic rings. The number of hydrogen-bond donors (Lipinski definition) is 1. The van der Waals surface area contributed by atoms with E-state index in [1.54, 1.807) is 24.3 Å². The Labute approximate surface area is 102 Å². The first-order chi connectivity index (χ1) is 7.99. The molecule has 17 heavy (non-hydrogen) atoms. The van der Waals surface area contributed by atoms with Crippen molar-refractivity contribution in [2.24, 2.45) is 0 Å². The average Bonchev–Trinajstić information content (AvgIpc) is 2.26. The number of ether oxygens (including phenoxy) is 1. The second-order valence-corrected chi connectivity index (χ2v) is 4.33. The van der Waals surface area contributed by atoms with E-state index in [-0.39, 0.29) is 12.0 Å². The second-order valence-electron chi connectivity index (χ2n) is 4.33. The smallest absolute Gasteiger partial charge is 0.251 e. The van der Waals surface area contributed by atoms with Gasteiger partial charge in [-0.05, 0) is 45.0 Å². The fraction of sp³-hybridized carbons (Fsp3) is 0.357. The molecule has 3 nitrogen and oxygen atoms in total. The molecule has 0 aliphatic carbocycles. The van der Waals surface area contributed by atoms with Crippen LogP contribution in [0.5, 0.6) is 5.75 Å². The van der Waals surface area contributed by atoms with Crippen LogP contribution in [0.25, 0.3) is 0 Å². The summed E-state index contributed by atoms with van der Waals surface area (Å²) in [5, 5.41) is 2.78. The molecule has 0 aliphatic rings. The van der Waals surface area contributed by atoms with E-state index in [4.69, 9.17) is 4.74 Å². The van der Waals surface area contributed by atoms with Crippen molar-refractivity contribution in [1.82, 2.24) is 5.32 Å². The van der Waals surface area contributed by atoms with Gasteiger partial charge in [0.1, 0.15) is 5.75 Å². The van der Waals surface area contributed by atoms with Crippen molar-refractivity contribution in [1.29, 1.82) is 0 Å². The summed E-state index contributed by atoms with van der Waals surface area (Å²) in [6.07, 6.45) is 0.137. The van der Waals surface area contributed by atoms with Crippen molar-refractivity contribution in [2.75, 3.05) is 6.54 Å². The van der Waals surface area contributed by atoms with Gasteiger partial charge in [0.25, 0.3) is 5.91 Å². The van der Waals surface area contributed by atoms with Crippen LogP contribution in [-0.4, -0.2) is 18.6 Å². The number of rotatable bonds is 5. The minimum Gasteiger partial charge on any atom is -0.491 e. The van der Waals surface area contributed by atoms with Gasteiger partial charge in [0.05, 0.1) is 6.10 Å². The van der Waals surface area contributed by atoms with Crippen LogP contribution < -0.4 is 10.1 Å². The fourth-order valence-corrected chi connectivity index (χ4v) is 1.29. The Hall–Kier alpha value is -1.77. The lowest BCUT2D eigenvalue weighted by atomic mass is 10.2. The Bertz CT molecular complexity index is 393. The third kappa shape index (κ3) is 4.72. The molecule has 0 aromatic heterocycles. The Balaban J connectivity index is 2.60. The third-order valence-electron chi connectivity index (χ3n) is 2.04. The molecule has 92 valence electrons. The van der Waals surface area contributed by atoms with Gasteiger partial charge >= 0.3 is 0 Å². The van der Waals surface area contributed by atoms with Crippen LogP contribution in [0.3, 0.4) is 0 Å². The molecule has 1 amide bonds. The van der Waals surface area contributed by atoms with Gasteiger partial charge < -0.3 is 10.1 Å². The maximum absolute atomic E-state index is 11.7. The molecule has 0 fully saturated rings. The number of carbonyl (C=O) groups excluding carboxylic acids is 1. The summed E-state index contributed by atoms with van der Waals surface area (Å²) in [5.41, 5.74) is 1.56. The van der Waals surface area contributed by atoms with Crippen molar-refractivity contribution in [3.63, 3.8) is 0 Å². The Morgan fingerprint density at radius 3 is 2.41 bits per heavy atom. The van der Waals surface area contributed by atoms with Gasteiger partial charge in [-0.2, -0.15) is 0 Å². The minimum absolute atomic E-state index is 0.0934. The zero-order valence-corrected chi connectivity index (χ0v) is 10.6. The highest BCUT2D eigenvalue weighted by molar-refractivity contribution is 5.94. The van der Waals surface area contributed by atoms with Crippen LogP contribution in [0.1, 0.15) is 31.1 Å². The zero-order valence-electron chi connectivity index (χ0n) is 10.6. The van der Waals surface area contributed by atoms with Crippen molar-refractivity contribution < 1.29 is 9.53 Å². The molecular formula is C14H19NO2. The molecule has 3 heteroatoms. The quantitative estimate of drug-likeness (QED) is 0.794. The largest absolute Gasteiger partial charge is 0.491 e. The summed E-state index contributed by atoms with van der Waals surface area (Å²) in [6, 6.07) is 7.11. The first kappa shape index (κ1) is 13.3. The van der Waals surface area contributed by atoms with E-state index in [9.17, 15) is 4.79 Å². The molecule has 0 saturated carbocycles. The van der Waals surface area contributed by atoms with Crippen LogP contribution in [-0.2, 0) is 0 Å². The highest BCUT2D eigenvalue weighted by atomic mass is 16.5. The van der Waals surface area contributed by atoms with Crippen molar-refractivity contribution >= 4 is 5.91 Å². The fourth-order valence-electron chi connectivity index (χ4n) is 1.29. The van der Waals surface area contributed by atoms with Crippen LogP contribution in [0.4, 0.5) is 0 Å². The Morgan fingerprint density at radius 1 is 1.35 bits per heavy atom. The SMILES string of the molecule is C=C(C)CNC(=O)c1ccc(OC(C)C)cc1. The third-order valence-corrected chi connectivity index (χ3v) is 2.04. The van der Waals surface area contributed by atoms with Gasteiger partial charge in [0, 0.05) is 12.1 Å². The lowest BCUT2D eigenvalue weighted by Crippen LogP contribution is -2.24. The van der Waals surface area contributed by atoms with E-state index in [1.165, 1.54) is 0 Å². The summed E-state index contributed by atoms with van der Waals surface area (Å²) in [6.45, 7) is 10.0. The number of nitrogens with one attached hydrogen (secondary N) is 1. The number of carbonyl (C=O) groups is 1. The predicted molar refractivity (Wildman–Crippen MR) is 69.4 cm³/mol. The lowest BCUT2D eigenvalue weighted by Gasteiger charge is -2.10. The second kappa shape index (κ2) is 6.09. The van der Waals surface area contributed by atoms with Crippen molar-refractivity contribution in [2.45, 2.75) is 26.9 Å². The average molecular weight is 233 g/mol. The summed E-state index contributed by atoms with van der Waals surface area (Å²) in [4.78, 5) is 11.7. The standard InChI is InChI=1S/C14H19NO2/c1-10(2)9-15-14(16)12-5-7-13(8-6-12)17-11(3)4/h5-8,11H,1,9H2,2-4H3,(H,15,16). The van der Waals surface area contributed by atoms with E-state index in [0.717, 1.165) is 11.3 Å². The van der Waals surface area contributed by atoms with Crippen LogP contribution in [0.15, 0.2) is 36.4 Å². The molecule has 0 heterocycles. The molecule has 1 aromatic carbocycles. The van der Waals surface area contributed by atoms with E-state index in [1.807, 2.05) is 20.8 Å². The van der Waals surface area contributed by atoms with Crippen LogP contribution in [0, 0.1) is 0 Å². The van der Waals surface area contributed by atoms with Gasteiger partial charge in [-0.15, -0.1) is 0 Å². The van der Waals surface area contributed by atoms with E-state index in [0.29, 0.717) is 12.1 Å². The number of amides is 1. The van der Waals surface area contributed by atoms with Gasteiger partial charge in [-0.25, -0.2) is 0 Å². The first-order valence-corrected chi connectivity index (χ1v) is 5.68. The Kier molecular flexibility index (Phi) is 4.76. The summed E-state index contributed by atoms with van der Waals surface area (Å²) >= 11 is 0. The molecule has 0 spiro atoms. The molecule has 0 atom stereocenters. The summed E-state index contributed by atoms with van der Waals surface area (Å²) < 4.78 is 5.50. The van der Waals surface area contributed by atoms with E-state index >= 15 is 0 Å². The van der Waals surface area contributed by atoms with Gasteiger partial charge in [-0.1, -0.05) is 12.2 Å². The normalized spacial score (nSPS) is 10.1. The summed E-state index contributed by atoms with van der Waals surface area (Å²) in [5.74, 6) is 0.681. The van der Waals surface area contributed by atoms with Crippen molar-refractivity contribution in [3.05, 3.63) is 42.0 Å². The van der Waals surface area contributed by atoms with Gasteiger partial charge in [-0.3, -0.25) is 4.79 Å². The van der Waals surface area contributed by atoms with Gasteiger partial charge in [0.2, 0.25) is 0 Å². The molecule has 1 N–H and O–H groups in total. The first-order valence-electron chi connectivity index (χ1n) is 5.68. The highest BCUT2D eigenvalue weighted by Crippen LogP contribution is 2.13. The molecular weight excluding hydrogens is 214 g/mol. The topological polar surface area (TPSA) is 38.3 Å². The number of benzene rings is 1. The molecule has 0 unspecified atom stereocenters. The van der Waals surface area contributed by atoms with Gasteiger partial charge in [0.15, 0.2) is 0 Å². The van der Waals surface area contributed by atoms with E-state index in [2.05, 4.69) is 11.9 Å².